The summed E-state index contributed by atoms with van der Waals surface area (Å²) in [7, 11) is 0. The Morgan fingerprint density at radius 1 is 1.29 bits per heavy atom. The number of benzene rings is 1. The van der Waals surface area contributed by atoms with Crippen molar-refractivity contribution in [3.63, 3.8) is 0 Å². The molecular weight excluding hydrogens is 230 g/mol. The lowest BCUT2D eigenvalue weighted by molar-refractivity contribution is 0.644. The summed E-state index contributed by atoms with van der Waals surface area (Å²) in [5.74, 6) is 1.02. The van der Waals surface area contributed by atoms with Gasteiger partial charge in [0, 0.05) is 28.5 Å². The van der Waals surface area contributed by atoms with Gasteiger partial charge in [-0.05, 0) is 19.1 Å². The van der Waals surface area contributed by atoms with E-state index in [0.717, 1.165) is 17.9 Å². The molecule has 0 bridgehead atoms. The summed E-state index contributed by atoms with van der Waals surface area (Å²) in [5, 5.41) is 4.34. The predicted molar refractivity (Wildman–Crippen MR) is 72.0 cm³/mol. The minimum atomic E-state index is 0.567. The SMILES string of the molecule is Cc1c(CN)cnn1CCSc1ccccc1. The monoisotopic (exact) mass is 247 g/mol. The lowest BCUT2D eigenvalue weighted by atomic mass is 10.3. The number of hydrogen-bond acceptors (Lipinski definition) is 3. The first-order valence-electron chi connectivity index (χ1n) is 5.70. The highest BCUT2D eigenvalue weighted by Gasteiger charge is 2.04. The van der Waals surface area contributed by atoms with Gasteiger partial charge in [-0.25, -0.2) is 0 Å². The fourth-order valence-electron chi connectivity index (χ4n) is 1.68. The molecule has 0 saturated carbocycles. The normalized spacial score (nSPS) is 10.7. The van der Waals surface area contributed by atoms with Crippen molar-refractivity contribution in [3.8, 4) is 0 Å². The molecule has 2 N–H and O–H groups in total. The van der Waals surface area contributed by atoms with Gasteiger partial charge in [0.25, 0.3) is 0 Å². The van der Waals surface area contributed by atoms with Crippen molar-refractivity contribution in [2.24, 2.45) is 5.73 Å². The summed E-state index contributed by atoms with van der Waals surface area (Å²) < 4.78 is 2.03. The Morgan fingerprint density at radius 2 is 2.06 bits per heavy atom. The summed E-state index contributed by atoms with van der Waals surface area (Å²) in [6.45, 7) is 3.56. The molecule has 90 valence electrons. The molecule has 4 heteroatoms. The average Bonchev–Trinajstić information content (AvgIpc) is 2.72. The summed E-state index contributed by atoms with van der Waals surface area (Å²) in [6, 6.07) is 10.4. The molecule has 1 aromatic heterocycles. The third-order valence-corrected chi connectivity index (χ3v) is 3.73. The standard InChI is InChI=1S/C13H17N3S/c1-11-12(9-14)10-15-16(11)7-8-17-13-5-3-2-4-6-13/h2-6,10H,7-9,14H2,1H3. The van der Waals surface area contributed by atoms with E-state index in [9.17, 15) is 0 Å². The molecule has 1 aromatic carbocycles. The average molecular weight is 247 g/mol. The molecule has 2 rings (SSSR count). The third-order valence-electron chi connectivity index (χ3n) is 2.74. The van der Waals surface area contributed by atoms with Gasteiger partial charge in [0.2, 0.25) is 0 Å². The molecule has 0 fully saturated rings. The summed E-state index contributed by atoms with van der Waals surface area (Å²) >= 11 is 1.85. The highest BCUT2D eigenvalue weighted by Crippen LogP contribution is 2.17. The highest BCUT2D eigenvalue weighted by molar-refractivity contribution is 7.99. The van der Waals surface area contributed by atoms with Crippen molar-refractivity contribution in [3.05, 3.63) is 47.8 Å². The second-order valence-electron chi connectivity index (χ2n) is 3.84. The number of aromatic nitrogens is 2. The van der Waals surface area contributed by atoms with Crippen molar-refractivity contribution >= 4 is 11.8 Å². The zero-order chi connectivity index (χ0) is 12.1. The first kappa shape index (κ1) is 12.2. The Hall–Kier alpha value is -1.26. The van der Waals surface area contributed by atoms with Crippen molar-refractivity contribution in [2.75, 3.05) is 5.75 Å². The van der Waals surface area contributed by atoms with E-state index >= 15 is 0 Å². The molecule has 0 spiro atoms. The Labute approximate surface area is 106 Å². The van der Waals surface area contributed by atoms with Crippen LogP contribution in [0.4, 0.5) is 0 Å². The fraction of sp³-hybridized carbons (Fsp3) is 0.308. The topological polar surface area (TPSA) is 43.8 Å². The zero-order valence-corrected chi connectivity index (χ0v) is 10.8. The molecule has 0 radical (unpaired) electrons. The zero-order valence-electron chi connectivity index (χ0n) is 9.97. The van der Waals surface area contributed by atoms with E-state index in [1.807, 2.05) is 28.7 Å². The van der Waals surface area contributed by atoms with Crippen LogP contribution in [0.15, 0.2) is 41.4 Å². The van der Waals surface area contributed by atoms with Gasteiger partial charge < -0.3 is 5.73 Å². The largest absolute Gasteiger partial charge is 0.326 e. The number of rotatable bonds is 5. The van der Waals surface area contributed by atoms with Crippen LogP contribution in [0.5, 0.6) is 0 Å². The first-order valence-corrected chi connectivity index (χ1v) is 6.69. The Balaban J connectivity index is 1.88. The minimum absolute atomic E-state index is 0.567. The van der Waals surface area contributed by atoms with Crippen LogP contribution < -0.4 is 5.73 Å². The molecule has 17 heavy (non-hydrogen) atoms. The van der Waals surface area contributed by atoms with E-state index < -0.39 is 0 Å². The molecule has 0 unspecified atom stereocenters. The second-order valence-corrected chi connectivity index (χ2v) is 5.01. The van der Waals surface area contributed by atoms with E-state index in [-0.39, 0.29) is 0 Å². The van der Waals surface area contributed by atoms with E-state index in [1.54, 1.807) is 0 Å². The number of thioether (sulfide) groups is 1. The van der Waals surface area contributed by atoms with Crippen LogP contribution in [0.3, 0.4) is 0 Å². The van der Waals surface area contributed by atoms with Crippen LogP contribution in [0.1, 0.15) is 11.3 Å². The number of hydrogen-bond donors (Lipinski definition) is 1. The lowest BCUT2D eigenvalue weighted by Crippen LogP contribution is -2.06. The second kappa shape index (κ2) is 5.89. The summed E-state index contributed by atoms with van der Waals surface area (Å²) in [6.07, 6.45) is 1.86. The molecule has 0 aliphatic rings. The Morgan fingerprint density at radius 3 is 2.71 bits per heavy atom. The van der Waals surface area contributed by atoms with Crippen LogP contribution in [-0.4, -0.2) is 15.5 Å². The van der Waals surface area contributed by atoms with Crippen LogP contribution in [0, 0.1) is 6.92 Å². The van der Waals surface area contributed by atoms with Gasteiger partial charge in [0.1, 0.15) is 0 Å². The molecule has 0 amide bonds. The molecule has 0 saturated heterocycles. The smallest absolute Gasteiger partial charge is 0.0537 e. The molecular formula is C13H17N3S. The van der Waals surface area contributed by atoms with Gasteiger partial charge in [0.05, 0.1) is 12.7 Å². The molecule has 1 heterocycles. The molecule has 0 aliphatic heterocycles. The van der Waals surface area contributed by atoms with E-state index in [0.29, 0.717) is 6.54 Å². The number of nitrogens with two attached hydrogens (primary N) is 1. The van der Waals surface area contributed by atoms with Crippen LogP contribution in [0.2, 0.25) is 0 Å². The molecule has 0 atom stereocenters. The van der Waals surface area contributed by atoms with Crippen LogP contribution in [0.25, 0.3) is 0 Å². The van der Waals surface area contributed by atoms with Crippen molar-refractivity contribution in [1.82, 2.24) is 9.78 Å². The third kappa shape index (κ3) is 3.11. The van der Waals surface area contributed by atoms with Gasteiger partial charge in [-0.3, -0.25) is 4.68 Å². The Bertz CT molecular complexity index is 465. The molecule has 0 aliphatic carbocycles. The minimum Gasteiger partial charge on any atom is -0.326 e. The van der Waals surface area contributed by atoms with Gasteiger partial charge in [-0.15, -0.1) is 11.8 Å². The van der Waals surface area contributed by atoms with Crippen molar-refractivity contribution in [2.45, 2.75) is 24.9 Å². The summed E-state index contributed by atoms with van der Waals surface area (Å²) in [5.41, 5.74) is 7.94. The van der Waals surface area contributed by atoms with E-state index in [4.69, 9.17) is 5.73 Å². The Kier molecular flexibility index (Phi) is 4.23. The molecule has 2 aromatic rings. The van der Waals surface area contributed by atoms with Crippen molar-refractivity contribution in [1.29, 1.82) is 0 Å². The highest BCUT2D eigenvalue weighted by atomic mass is 32.2. The first-order chi connectivity index (χ1) is 8.31. The van der Waals surface area contributed by atoms with Gasteiger partial charge in [-0.1, -0.05) is 18.2 Å². The lowest BCUT2D eigenvalue weighted by Gasteiger charge is -2.05. The quantitative estimate of drug-likeness (QED) is 0.825. The van der Waals surface area contributed by atoms with E-state index in [2.05, 4.69) is 36.3 Å². The van der Waals surface area contributed by atoms with Gasteiger partial charge in [0.15, 0.2) is 0 Å². The van der Waals surface area contributed by atoms with E-state index in [1.165, 1.54) is 10.6 Å². The predicted octanol–water partition coefficient (Wildman–Crippen LogP) is 2.44. The van der Waals surface area contributed by atoms with Crippen molar-refractivity contribution < 1.29 is 0 Å². The van der Waals surface area contributed by atoms with Gasteiger partial charge in [-0.2, -0.15) is 5.10 Å². The maximum Gasteiger partial charge on any atom is 0.0537 e. The molecule has 3 nitrogen and oxygen atoms in total. The van der Waals surface area contributed by atoms with Gasteiger partial charge >= 0.3 is 0 Å². The fourth-order valence-corrected chi connectivity index (χ4v) is 2.53. The van der Waals surface area contributed by atoms with Crippen LogP contribution >= 0.6 is 11.8 Å². The van der Waals surface area contributed by atoms with Crippen LogP contribution in [-0.2, 0) is 13.1 Å². The maximum absolute atomic E-state index is 5.63. The number of aryl methyl sites for hydroxylation is 1. The summed E-state index contributed by atoms with van der Waals surface area (Å²) in [4.78, 5) is 1.30. The maximum atomic E-state index is 5.63. The number of nitrogens with zero attached hydrogens (tertiary/aromatic N) is 2.